The largest absolute Gasteiger partial charge is 0.315 e. The minimum Gasteiger partial charge on any atom is -0.315 e. The molecule has 0 unspecified atom stereocenters. The van der Waals surface area contributed by atoms with Crippen molar-refractivity contribution in [2.45, 2.75) is 64.5 Å². The van der Waals surface area contributed by atoms with Crippen molar-refractivity contribution in [1.29, 1.82) is 0 Å². The maximum atomic E-state index is 12.7. The maximum absolute atomic E-state index is 12.7. The lowest BCUT2D eigenvalue weighted by Crippen LogP contribution is -2.44. The molecule has 1 aliphatic carbocycles. The minimum atomic E-state index is 0.199. The molecular formula is C17H27N5O. The summed E-state index contributed by atoms with van der Waals surface area (Å²) in [5.41, 5.74) is 1.23. The zero-order valence-electron chi connectivity index (χ0n) is 14.0. The first kappa shape index (κ1) is 16.2. The van der Waals surface area contributed by atoms with E-state index in [4.69, 9.17) is 0 Å². The van der Waals surface area contributed by atoms with Crippen molar-refractivity contribution in [3.8, 4) is 0 Å². The topological polar surface area (TPSA) is 63.1 Å². The highest BCUT2D eigenvalue weighted by molar-refractivity contribution is 5.80. The van der Waals surface area contributed by atoms with Crippen LogP contribution in [0.3, 0.4) is 0 Å². The number of amides is 1. The fraction of sp³-hybridized carbons (Fsp3) is 0.706. The Morgan fingerprint density at radius 3 is 3.13 bits per heavy atom. The molecule has 1 aromatic heterocycles. The highest BCUT2D eigenvalue weighted by atomic mass is 16.2. The van der Waals surface area contributed by atoms with Gasteiger partial charge in [-0.15, -0.1) is 0 Å². The summed E-state index contributed by atoms with van der Waals surface area (Å²) in [4.78, 5) is 18.9. The van der Waals surface area contributed by atoms with Gasteiger partial charge >= 0.3 is 0 Å². The zero-order chi connectivity index (χ0) is 16.1. The van der Waals surface area contributed by atoms with Crippen molar-refractivity contribution in [1.82, 2.24) is 25.0 Å². The van der Waals surface area contributed by atoms with Gasteiger partial charge in [-0.2, -0.15) is 5.10 Å². The highest BCUT2D eigenvalue weighted by Gasteiger charge is 2.22. The van der Waals surface area contributed by atoms with E-state index in [1.807, 2.05) is 9.58 Å². The number of allylic oxidation sites excluding steroid dienone is 2. The van der Waals surface area contributed by atoms with Crippen LogP contribution in [0, 0.1) is 0 Å². The lowest BCUT2D eigenvalue weighted by molar-refractivity contribution is -0.128. The molecule has 3 rings (SSSR count). The third-order valence-electron chi connectivity index (χ3n) is 4.71. The summed E-state index contributed by atoms with van der Waals surface area (Å²) in [6.07, 6.45) is 11.4. The van der Waals surface area contributed by atoms with Gasteiger partial charge in [0.2, 0.25) is 5.91 Å². The predicted octanol–water partition coefficient (Wildman–Crippen LogP) is 1.88. The van der Waals surface area contributed by atoms with Gasteiger partial charge in [0.1, 0.15) is 12.2 Å². The van der Waals surface area contributed by atoms with Crippen molar-refractivity contribution in [2.75, 3.05) is 13.1 Å². The molecule has 1 amide bonds. The first-order valence-electron chi connectivity index (χ1n) is 8.87. The number of aryl methyl sites for hydroxylation is 1. The van der Waals surface area contributed by atoms with Gasteiger partial charge in [0.25, 0.3) is 0 Å². The standard InChI is InChI=1S/C17H27N5O/c1-2-10-21(15-6-4-3-5-7-15)17(23)11-18-14-8-9-16-19-13-20-22(16)12-14/h6,13-14,18H,2-5,7-12H2,1H3/t14-/m1/s1. The lowest BCUT2D eigenvalue weighted by atomic mass is 10.0. The van der Waals surface area contributed by atoms with Gasteiger partial charge in [-0.25, -0.2) is 9.67 Å². The molecule has 0 aromatic carbocycles. The second kappa shape index (κ2) is 7.73. The third-order valence-corrected chi connectivity index (χ3v) is 4.71. The molecule has 1 aromatic rings. The number of carbonyl (C=O) groups excluding carboxylic acids is 1. The third kappa shape index (κ3) is 3.99. The maximum Gasteiger partial charge on any atom is 0.240 e. The molecular weight excluding hydrogens is 290 g/mol. The summed E-state index contributed by atoms with van der Waals surface area (Å²) in [7, 11) is 0. The average Bonchev–Trinajstić information content (AvgIpc) is 3.06. The molecule has 0 bridgehead atoms. The van der Waals surface area contributed by atoms with Crippen LogP contribution in [-0.4, -0.2) is 44.7 Å². The molecule has 6 nitrogen and oxygen atoms in total. The van der Waals surface area contributed by atoms with Crippen LogP contribution in [0.25, 0.3) is 0 Å². The van der Waals surface area contributed by atoms with E-state index >= 15 is 0 Å². The van der Waals surface area contributed by atoms with Gasteiger partial charge in [0.15, 0.2) is 0 Å². The van der Waals surface area contributed by atoms with Crippen LogP contribution in [0.15, 0.2) is 18.1 Å². The van der Waals surface area contributed by atoms with Crippen molar-refractivity contribution >= 4 is 5.91 Å². The van der Waals surface area contributed by atoms with Crippen molar-refractivity contribution in [2.24, 2.45) is 0 Å². The monoisotopic (exact) mass is 317 g/mol. The smallest absolute Gasteiger partial charge is 0.240 e. The van der Waals surface area contributed by atoms with E-state index in [-0.39, 0.29) is 5.91 Å². The van der Waals surface area contributed by atoms with Gasteiger partial charge in [0, 0.05) is 24.7 Å². The Labute approximate surface area is 138 Å². The van der Waals surface area contributed by atoms with Crippen LogP contribution in [0.2, 0.25) is 0 Å². The number of hydrogen-bond acceptors (Lipinski definition) is 4. The number of fused-ring (bicyclic) bond motifs is 1. The molecule has 2 aliphatic rings. The number of nitrogens with zero attached hydrogens (tertiary/aromatic N) is 4. The van der Waals surface area contributed by atoms with E-state index in [0.717, 1.165) is 51.0 Å². The first-order valence-corrected chi connectivity index (χ1v) is 8.87. The summed E-state index contributed by atoms with van der Waals surface area (Å²) < 4.78 is 1.94. The normalized spacial score (nSPS) is 20.7. The molecule has 1 N–H and O–H groups in total. The second-order valence-corrected chi connectivity index (χ2v) is 6.46. The van der Waals surface area contributed by atoms with Gasteiger partial charge in [-0.05, 0) is 38.5 Å². The summed E-state index contributed by atoms with van der Waals surface area (Å²) in [6, 6.07) is 0.303. The molecule has 0 fully saturated rings. The molecule has 23 heavy (non-hydrogen) atoms. The number of carbonyl (C=O) groups is 1. The summed E-state index contributed by atoms with van der Waals surface area (Å²) in [6.45, 7) is 4.17. The van der Waals surface area contributed by atoms with Gasteiger partial charge < -0.3 is 10.2 Å². The lowest BCUT2D eigenvalue weighted by Gasteiger charge is -2.29. The molecule has 0 radical (unpaired) electrons. The molecule has 1 aliphatic heterocycles. The fourth-order valence-corrected chi connectivity index (χ4v) is 3.45. The van der Waals surface area contributed by atoms with Crippen LogP contribution >= 0.6 is 0 Å². The Morgan fingerprint density at radius 2 is 2.35 bits per heavy atom. The van der Waals surface area contributed by atoms with E-state index in [1.165, 1.54) is 18.5 Å². The Bertz CT molecular complexity index is 565. The Kier molecular flexibility index (Phi) is 5.43. The van der Waals surface area contributed by atoms with E-state index in [2.05, 4.69) is 28.4 Å². The van der Waals surface area contributed by atoms with E-state index < -0.39 is 0 Å². The Balaban J connectivity index is 1.54. The molecule has 6 heteroatoms. The molecule has 0 spiro atoms. The van der Waals surface area contributed by atoms with Gasteiger partial charge in [-0.3, -0.25) is 4.79 Å². The van der Waals surface area contributed by atoms with Crippen LogP contribution in [0.5, 0.6) is 0 Å². The number of rotatable bonds is 6. The van der Waals surface area contributed by atoms with Crippen molar-refractivity contribution in [3.63, 3.8) is 0 Å². The van der Waals surface area contributed by atoms with E-state index in [9.17, 15) is 4.79 Å². The summed E-state index contributed by atoms with van der Waals surface area (Å²) in [5.74, 6) is 1.25. The average molecular weight is 317 g/mol. The Hall–Kier alpha value is -1.69. The van der Waals surface area contributed by atoms with Gasteiger partial charge in [0.05, 0.1) is 13.1 Å². The second-order valence-electron chi connectivity index (χ2n) is 6.46. The molecule has 1 atom stereocenters. The van der Waals surface area contributed by atoms with Crippen LogP contribution < -0.4 is 5.32 Å². The van der Waals surface area contributed by atoms with E-state index in [0.29, 0.717) is 12.6 Å². The predicted molar refractivity (Wildman–Crippen MR) is 88.7 cm³/mol. The molecule has 0 saturated heterocycles. The summed E-state index contributed by atoms with van der Waals surface area (Å²) in [5, 5.41) is 7.66. The zero-order valence-corrected chi connectivity index (χ0v) is 14.0. The Morgan fingerprint density at radius 1 is 1.43 bits per heavy atom. The quantitative estimate of drug-likeness (QED) is 0.870. The molecule has 126 valence electrons. The van der Waals surface area contributed by atoms with Crippen molar-refractivity contribution in [3.05, 3.63) is 23.9 Å². The van der Waals surface area contributed by atoms with Crippen LogP contribution in [0.4, 0.5) is 0 Å². The van der Waals surface area contributed by atoms with Crippen LogP contribution in [-0.2, 0) is 17.8 Å². The molecule has 2 heterocycles. The number of aromatic nitrogens is 3. The molecule has 0 saturated carbocycles. The van der Waals surface area contributed by atoms with Crippen LogP contribution in [0.1, 0.15) is 51.3 Å². The first-order chi connectivity index (χ1) is 11.3. The number of hydrogen-bond donors (Lipinski definition) is 1. The summed E-state index contributed by atoms with van der Waals surface area (Å²) >= 11 is 0. The highest BCUT2D eigenvalue weighted by Crippen LogP contribution is 2.21. The SMILES string of the molecule is CCCN(C(=O)CN[C@@H]1CCc2ncnn2C1)C1=CCCCC1. The number of nitrogens with one attached hydrogen (secondary N) is 1. The van der Waals surface area contributed by atoms with Crippen molar-refractivity contribution < 1.29 is 4.79 Å². The minimum absolute atomic E-state index is 0.199. The van der Waals surface area contributed by atoms with Gasteiger partial charge in [-0.1, -0.05) is 13.0 Å². The van der Waals surface area contributed by atoms with E-state index in [1.54, 1.807) is 6.33 Å². The fourth-order valence-electron chi connectivity index (χ4n) is 3.45.